The molecule has 166 valence electrons. The van der Waals surface area contributed by atoms with Gasteiger partial charge in [-0.05, 0) is 42.8 Å². The second-order valence-electron chi connectivity index (χ2n) is 7.89. The van der Waals surface area contributed by atoms with E-state index in [0.717, 1.165) is 0 Å². The summed E-state index contributed by atoms with van der Waals surface area (Å²) in [5.74, 6) is -5.10. The number of alkyl halides is 2. The number of nitriles is 1. The van der Waals surface area contributed by atoms with Gasteiger partial charge in [0.1, 0.15) is 0 Å². The van der Waals surface area contributed by atoms with Crippen LogP contribution in [0.2, 0.25) is 0 Å². The molecule has 0 saturated heterocycles. The van der Waals surface area contributed by atoms with E-state index in [0.29, 0.717) is 34.5 Å². The lowest BCUT2D eigenvalue weighted by Gasteiger charge is -2.28. The topological polar surface area (TPSA) is 91.0 Å². The van der Waals surface area contributed by atoms with Gasteiger partial charge < -0.3 is 10.2 Å². The number of carbonyl (C=O) groups is 2. The highest BCUT2D eigenvalue weighted by Crippen LogP contribution is 2.28. The predicted molar refractivity (Wildman–Crippen MR) is 115 cm³/mol. The second-order valence-corrected chi connectivity index (χ2v) is 7.89. The number of fused-ring (bicyclic) bond motifs is 1. The minimum Gasteiger partial charge on any atom is -0.346 e. The van der Waals surface area contributed by atoms with Crippen LogP contribution in [0.3, 0.4) is 0 Å². The van der Waals surface area contributed by atoms with Crippen LogP contribution in [0.4, 0.5) is 8.78 Å². The normalized spacial score (nSPS) is 13.3. The average Bonchev–Trinajstić information content (AvgIpc) is 3.15. The highest BCUT2D eigenvalue weighted by atomic mass is 19.3. The van der Waals surface area contributed by atoms with Crippen LogP contribution in [0.5, 0.6) is 0 Å². The molecule has 0 saturated carbocycles. The van der Waals surface area contributed by atoms with Crippen LogP contribution >= 0.6 is 0 Å². The van der Waals surface area contributed by atoms with Gasteiger partial charge in [-0.25, -0.2) is 0 Å². The van der Waals surface area contributed by atoms with Crippen molar-refractivity contribution in [1.82, 2.24) is 20.0 Å². The molecule has 7 nitrogen and oxygen atoms in total. The monoisotopic (exact) mass is 439 g/mol. The number of halogens is 2. The van der Waals surface area contributed by atoms with Crippen molar-refractivity contribution in [2.75, 3.05) is 14.1 Å². The van der Waals surface area contributed by atoms with Gasteiger partial charge in [0.25, 0.3) is 11.8 Å². The zero-order valence-electron chi connectivity index (χ0n) is 18.1. The Bertz CT molecular complexity index is 1190. The highest BCUT2D eigenvalue weighted by Gasteiger charge is 2.35. The third kappa shape index (κ3) is 4.59. The summed E-state index contributed by atoms with van der Waals surface area (Å²) in [5.41, 5.74) is 2.28. The van der Waals surface area contributed by atoms with Crippen molar-refractivity contribution in [3.05, 3.63) is 65.4 Å². The first-order valence-electron chi connectivity index (χ1n) is 9.90. The maximum absolute atomic E-state index is 13.5. The van der Waals surface area contributed by atoms with Gasteiger partial charge in [0, 0.05) is 32.0 Å². The molecule has 1 N–H and O–H groups in total. The number of rotatable bonds is 6. The van der Waals surface area contributed by atoms with Gasteiger partial charge in [-0.3, -0.25) is 14.3 Å². The molecule has 1 aromatic heterocycles. The van der Waals surface area contributed by atoms with Crippen LogP contribution in [-0.4, -0.2) is 52.6 Å². The molecule has 3 rings (SSSR count). The number of benzene rings is 2. The summed E-state index contributed by atoms with van der Waals surface area (Å²) < 4.78 is 28.7. The van der Waals surface area contributed by atoms with E-state index in [1.54, 1.807) is 74.4 Å². The summed E-state index contributed by atoms with van der Waals surface area (Å²) in [7, 11) is 3.29. The molecule has 9 heteroatoms. The maximum Gasteiger partial charge on any atom is 0.321 e. The van der Waals surface area contributed by atoms with Crippen LogP contribution in [0.25, 0.3) is 10.9 Å². The van der Waals surface area contributed by atoms with E-state index in [1.165, 1.54) is 4.90 Å². The molecule has 2 aromatic carbocycles. The highest BCUT2D eigenvalue weighted by molar-refractivity contribution is 5.93. The summed E-state index contributed by atoms with van der Waals surface area (Å²) in [6.07, 6.45) is 1.58. The number of hydrogen-bond donors (Lipinski definition) is 1. The van der Waals surface area contributed by atoms with Crippen molar-refractivity contribution < 1.29 is 18.4 Å². The Morgan fingerprint density at radius 2 is 1.84 bits per heavy atom. The molecule has 3 aromatic rings. The van der Waals surface area contributed by atoms with Crippen LogP contribution in [0.1, 0.15) is 41.4 Å². The lowest BCUT2D eigenvalue weighted by atomic mass is 9.98. The summed E-state index contributed by atoms with van der Waals surface area (Å²) in [4.78, 5) is 25.6. The predicted octanol–water partition coefficient (Wildman–Crippen LogP) is 3.36. The molecule has 0 fully saturated rings. The lowest BCUT2D eigenvalue weighted by Crippen LogP contribution is -2.46. The fraction of sp³-hybridized carbons (Fsp3) is 0.304. The van der Waals surface area contributed by atoms with Gasteiger partial charge >= 0.3 is 5.92 Å². The first kappa shape index (κ1) is 22.9. The average molecular weight is 439 g/mol. The molecule has 0 radical (unpaired) electrons. The smallest absolute Gasteiger partial charge is 0.321 e. The molecule has 0 aliphatic rings. The van der Waals surface area contributed by atoms with Crippen molar-refractivity contribution >= 4 is 22.7 Å². The van der Waals surface area contributed by atoms with Gasteiger partial charge in [-0.2, -0.15) is 19.1 Å². The van der Waals surface area contributed by atoms with E-state index in [1.807, 2.05) is 0 Å². The van der Waals surface area contributed by atoms with E-state index in [4.69, 9.17) is 5.26 Å². The van der Waals surface area contributed by atoms with Crippen molar-refractivity contribution in [2.45, 2.75) is 31.9 Å². The van der Waals surface area contributed by atoms with Crippen molar-refractivity contribution in [1.29, 1.82) is 5.26 Å². The van der Waals surface area contributed by atoms with Crippen molar-refractivity contribution in [3.8, 4) is 6.07 Å². The van der Waals surface area contributed by atoms with Crippen LogP contribution in [0, 0.1) is 11.3 Å². The van der Waals surface area contributed by atoms with Gasteiger partial charge in [-0.1, -0.05) is 12.1 Å². The Balaban J connectivity index is 2.07. The van der Waals surface area contributed by atoms with Crippen molar-refractivity contribution in [3.63, 3.8) is 0 Å². The van der Waals surface area contributed by atoms with Gasteiger partial charge in [-0.15, -0.1) is 0 Å². The zero-order chi connectivity index (χ0) is 23.6. The Morgan fingerprint density at radius 3 is 2.41 bits per heavy atom. The van der Waals surface area contributed by atoms with E-state index < -0.39 is 23.9 Å². The SMILES string of the molecule is C[C@H](NC(=O)C(C)(F)F)[C@@H](c1ccc(C(=O)N(C)C)cc1)n1ncc2cc(C#N)ccc21. The molecular weight excluding hydrogens is 416 g/mol. The molecule has 32 heavy (non-hydrogen) atoms. The quantitative estimate of drug-likeness (QED) is 0.638. The Hall–Kier alpha value is -3.80. The minimum absolute atomic E-state index is 0.173. The first-order chi connectivity index (χ1) is 15.0. The van der Waals surface area contributed by atoms with Gasteiger partial charge in [0.2, 0.25) is 0 Å². The van der Waals surface area contributed by atoms with E-state index >= 15 is 0 Å². The number of carbonyl (C=O) groups excluding carboxylic acids is 2. The molecule has 0 spiro atoms. The van der Waals surface area contributed by atoms with Crippen LogP contribution < -0.4 is 5.32 Å². The fourth-order valence-electron chi connectivity index (χ4n) is 3.48. The molecule has 2 atom stereocenters. The summed E-state index contributed by atoms with van der Waals surface area (Å²) >= 11 is 0. The summed E-state index contributed by atoms with van der Waals surface area (Å²) in [5, 5.41) is 16.6. The third-order valence-corrected chi connectivity index (χ3v) is 5.12. The van der Waals surface area contributed by atoms with E-state index in [2.05, 4.69) is 16.5 Å². The zero-order valence-corrected chi connectivity index (χ0v) is 18.1. The standard InChI is InChI=1S/C23H23F2N5O2/c1-14(28-22(32)23(2,24)25)20(16-6-8-17(9-7-16)21(31)29(3)4)30-19-10-5-15(12-26)11-18(19)13-27-30/h5-11,13-14,20H,1-4H3,(H,28,32)/t14-,20-/m0/s1. The first-order valence-corrected chi connectivity index (χ1v) is 9.90. The fourth-order valence-corrected chi connectivity index (χ4v) is 3.48. The van der Waals surface area contributed by atoms with E-state index in [-0.39, 0.29) is 5.91 Å². The number of nitrogens with zero attached hydrogens (tertiary/aromatic N) is 4. The van der Waals surface area contributed by atoms with Crippen LogP contribution in [-0.2, 0) is 4.79 Å². The number of amides is 2. The number of hydrogen-bond acceptors (Lipinski definition) is 4. The Morgan fingerprint density at radius 1 is 1.19 bits per heavy atom. The third-order valence-electron chi connectivity index (χ3n) is 5.12. The molecule has 0 unspecified atom stereocenters. The largest absolute Gasteiger partial charge is 0.346 e. The number of nitrogens with one attached hydrogen (secondary N) is 1. The molecular formula is C23H23F2N5O2. The van der Waals surface area contributed by atoms with Crippen LogP contribution in [0.15, 0.2) is 48.7 Å². The molecule has 2 amide bonds. The lowest BCUT2D eigenvalue weighted by molar-refractivity contribution is -0.143. The molecule has 1 heterocycles. The van der Waals surface area contributed by atoms with E-state index in [9.17, 15) is 18.4 Å². The van der Waals surface area contributed by atoms with Gasteiger partial charge in [0.05, 0.1) is 35.4 Å². The second kappa shape index (κ2) is 8.75. The molecule has 0 bridgehead atoms. The summed E-state index contributed by atoms with van der Waals surface area (Å²) in [6, 6.07) is 12.4. The molecule has 0 aliphatic carbocycles. The number of aromatic nitrogens is 2. The maximum atomic E-state index is 13.5. The minimum atomic E-state index is -3.53. The Kier molecular flexibility index (Phi) is 6.25. The Labute approximate surface area is 184 Å². The summed E-state index contributed by atoms with van der Waals surface area (Å²) in [6.45, 7) is 2.16. The van der Waals surface area contributed by atoms with Crippen molar-refractivity contribution in [2.24, 2.45) is 0 Å². The van der Waals surface area contributed by atoms with Gasteiger partial charge in [0.15, 0.2) is 0 Å². The molecule has 0 aliphatic heterocycles.